The zero-order valence-electron chi connectivity index (χ0n) is 15.9. The quantitative estimate of drug-likeness (QED) is 0.673. The van der Waals surface area contributed by atoms with E-state index in [0.717, 1.165) is 34.3 Å². The van der Waals surface area contributed by atoms with E-state index in [1.807, 2.05) is 55.5 Å². The Kier molecular flexibility index (Phi) is 5.14. The van der Waals surface area contributed by atoms with Crippen LogP contribution in [0, 0.1) is 6.92 Å². The molecule has 1 aromatic heterocycles. The van der Waals surface area contributed by atoms with Gasteiger partial charge in [-0.1, -0.05) is 12.1 Å². The summed E-state index contributed by atoms with van der Waals surface area (Å²) in [6, 6.07) is 15.6. The Bertz CT molecular complexity index is 960. The summed E-state index contributed by atoms with van der Waals surface area (Å²) in [7, 11) is 1.66. The van der Waals surface area contributed by atoms with Gasteiger partial charge in [-0.05, 0) is 36.8 Å². The Labute approximate surface area is 163 Å². The van der Waals surface area contributed by atoms with Gasteiger partial charge in [-0.2, -0.15) is 0 Å². The monoisotopic (exact) mass is 378 g/mol. The number of nitrogens with zero attached hydrogens (tertiary/aromatic N) is 2. The maximum Gasteiger partial charge on any atom is 0.163 e. The van der Waals surface area contributed by atoms with Crippen molar-refractivity contribution in [2.24, 2.45) is 0 Å². The van der Waals surface area contributed by atoms with Crippen LogP contribution in [0.2, 0.25) is 0 Å². The molecule has 28 heavy (non-hydrogen) atoms. The van der Waals surface area contributed by atoms with Gasteiger partial charge < -0.3 is 24.8 Å². The van der Waals surface area contributed by atoms with Crippen LogP contribution in [-0.4, -0.2) is 30.3 Å². The zero-order chi connectivity index (χ0) is 19.3. The molecule has 0 amide bonds. The normalized spacial score (nSPS) is 12.4. The minimum Gasteiger partial charge on any atom is -0.497 e. The molecule has 2 heterocycles. The number of fused-ring (bicyclic) bond motifs is 1. The van der Waals surface area contributed by atoms with E-state index in [0.29, 0.717) is 31.4 Å². The summed E-state index contributed by atoms with van der Waals surface area (Å²) in [6.07, 6.45) is 0. The van der Waals surface area contributed by atoms with Crippen LogP contribution in [0.15, 0.2) is 48.5 Å². The zero-order valence-corrected chi connectivity index (χ0v) is 15.9. The maximum atomic E-state index is 5.63. The van der Waals surface area contributed by atoms with Crippen LogP contribution in [0.5, 0.6) is 17.2 Å². The second-order valence-corrected chi connectivity index (χ2v) is 6.37. The van der Waals surface area contributed by atoms with E-state index in [9.17, 15) is 0 Å². The molecule has 7 heteroatoms. The van der Waals surface area contributed by atoms with E-state index < -0.39 is 0 Å². The highest BCUT2D eigenvalue weighted by molar-refractivity contribution is 5.63. The van der Waals surface area contributed by atoms with Crippen molar-refractivity contribution in [2.75, 3.05) is 31.0 Å². The third kappa shape index (κ3) is 4.25. The number of rotatable bonds is 6. The molecule has 1 aliphatic heterocycles. The number of hydrogen-bond donors (Lipinski definition) is 2. The van der Waals surface area contributed by atoms with Crippen molar-refractivity contribution in [3.63, 3.8) is 0 Å². The Hall–Kier alpha value is -3.48. The fraction of sp³-hybridized carbons (Fsp3) is 0.238. The van der Waals surface area contributed by atoms with Gasteiger partial charge in [0.1, 0.15) is 36.4 Å². The Morgan fingerprint density at radius 3 is 2.46 bits per heavy atom. The molecule has 0 spiro atoms. The highest BCUT2D eigenvalue weighted by Crippen LogP contribution is 2.33. The smallest absolute Gasteiger partial charge is 0.163 e. The molecule has 3 aromatic rings. The van der Waals surface area contributed by atoms with Crippen molar-refractivity contribution in [3.05, 3.63) is 59.9 Å². The van der Waals surface area contributed by atoms with Crippen molar-refractivity contribution in [3.8, 4) is 17.2 Å². The molecule has 144 valence electrons. The van der Waals surface area contributed by atoms with Gasteiger partial charge in [0.15, 0.2) is 11.5 Å². The summed E-state index contributed by atoms with van der Waals surface area (Å²) in [5, 5.41) is 6.64. The number of methoxy groups -OCH3 is 1. The van der Waals surface area contributed by atoms with E-state index in [4.69, 9.17) is 14.2 Å². The van der Waals surface area contributed by atoms with Crippen molar-refractivity contribution in [1.29, 1.82) is 0 Å². The minimum atomic E-state index is 0.558. The van der Waals surface area contributed by atoms with Gasteiger partial charge in [-0.15, -0.1) is 0 Å². The van der Waals surface area contributed by atoms with Crippen LogP contribution in [0.3, 0.4) is 0 Å². The van der Waals surface area contributed by atoms with Crippen LogP contribution in [0.4, 0.5) is 17.3 Å². The van der Waals surface area contributed by atoms with Gasteiger partial charge in [0, 0.05) is 24.4 Å². The average molecular weight is 378 g/mol. The number of hydrogen-bond acceptors (Lipinski definition) is 7. The number of benzene rings is 2. The van der Waals surface area contributed by atoms with Gasteiger partial charge >= 0.3 is 0 Å². The van der Waals surface area contributed by atoms with Crippen molar-refractivity contribution in [1.82, 2.24) is 9.97 Å². The lowest BCUT2D eigenvalue weighted by Crippen LogP contribution is -2.15. The molecule has 0 atom stereocenters. The molecule has 1 aliphatic rings. The summed E-state index contributed by atoms with van der Waals surface area (Å²) in [5.41, 5.74) is 2.02. The van der Waals surface area contributed by atoms with E-state index in [1.54, 1.807) is 7.11 Å². The van der Waals surface area contributed by atoms with Crippen molar-refractivity contribution < 1.29 is 14.2 Å². The third-order valence-corrected chi connectivity index (χ3v) is 4.29. The van der Waals surface area contributed by atoms with Crippen LogP contribution in [0.1, 0.15) is 11.4 Å². The molecule has 0 radical (unpaired) electrons. The van der Waals surface area contributed by atoms with Gasteiger partial charge in [0.05, 0.1) is 7.11 Å². The average Bonchev–Trinajstić information content (AvgIpc) is 2.72. The molecule has 2 aromatic carbocycles. The van der Waals surface area contributed by atoms with Crippen LogP contribution in [-0.2, 0) is 6.54 Å². The van der Waals surface area contributed by atoms with E-state index in [2.05, 4.69) is 20.6 Å². The number of nitrogens with one attached hydrogen (secondary N) is 2. The summed E-state index contributed by atoms with van der Waals surface area (Å²) in [6.45, 7) is 3.66. The first kappa shape index (κ1) is 17.9. The van der Waals surface area contributed by atoms with Gasteiger partial charge in [0.2, 0.25) is 0 Å². The number of aromatic nitrogens is 2. The highest BCUT2D eigenvalue weighted by Gasteiger charge is 2.12. The second-order valence-electron chi connectivity index (χ2n) is 6.37. The van der Waals surface area contributed by atoms with Crippen molar-refractivity contribution in [2.45, 2.75) is 13.5 Å². The van der Waals surface area contributed by atoms with Crippen LogP contribution in [0.25, 0.3) is 0 Å². The lowest BCUT2D eigenvalue weighted by atomic mass is 10.2. The summed E-state index contributed by atoms with van der Waals surface area (Å²) in [5.74, 6) is 4.48. The van der Waals surface area contributed by atoms with Gasteiger partial charge in [-0.25, -0.2) is 9.97 Å². The van der Waals surface area contributed by atoms with Crippen LogP contribution >= 0.6 is 0 Å². The van der Waals surface area contributed by atoms with Gasteiger partial charge in [-0.3, -0.25) is 0 Å². The Balaban J connectivity index is 1.45. The van der Waals surface area contributed by atoms with Gasteiger partial charge in [0.25, 0.3) is 0 Å². The van der Waals surface area contributed by atoms with E-state index in [1.165, 1.54) is 0 Å². The summed E-state index contributed by atoms with van der Waals surface area (Å²) < 4.78 is 16.4. The molecule has 0 saturated heterocycles. The topological polar surface area (TPSA) is 77.5 Å². The standard InChI is InChI=1S/C21H22N4O3/c1-14-23-20(22-13-15-3-6-17(26-2)7-4-15)12-21(24-14)25-16-5-8-18-19(11-16)28-10-9-27-18/h3-8,11-12H,9-10,13H2,1-2H3,(H2,22,23,24,25). The molecule has 2 N–H and O–H groups in total. The maximum absolute atomic E-state index is 5.63. The summed E-state index contributed by atoms with van der Waals surface area (Å²) in [4.78, 5) is 8.93. The Morgan fingerprint density at radius 2 is 1.68 bits per heavy atom. The first-order valence-corrected chi connectivity index (χ1v) is 9.09. The van der Waals surface area contributed by atoms with E-state index in [-0.39, 0.29) is 0 Å². The predicted octanol–water partition coefficient (Wildman–Crippen LogP) is 3.92. The molecule has 0 aliphatic carbocycles. The number of anilines is 3. The SMILES string of the molecule is COc1ccc(CNc2cc(Nc3ccc4c(c3)OCCO4)nc(C)n2)cc1. The second kappa shape index (κ2) is 8.04. The Morgan fingerprint density at radius 1 is 0.929 bits per heavy atom. The summed E-state index contributed by atoms with van der Waals surface area (Å²) >= 11 is 0. The third-order valence-electron chi connectivity index (χ3n) is 4.29. The molecule has 0 fully saturated rings. The molecule has 0 unspecified atom stereocenters. The number of ether oxygens (including phenoxy) is 3. The van der Waals surface area contributed by atoms with Crippen LogP contribution < -0.4 is 24.8 Å². The predicted molar refractivity (Wildman–Crippen MR) is 108 cm³/mol. The lowest BCUT2D eigenvalue weighted by Gasteiger charge is -2.19. The minimum absolute atomic E-state index is 0.558. The van der Waals surface area contributed by atoms with E-state index >= 15 is 0 Å². The molecule has 0 saturated carbocycles. The molecule has 0 bridgehead atoms. The highest BCUT2D eigenvalue weighted by atomic mass is 16.6. The first-order chi connectivity index (χ1) is 13.7. The first-order valence-electron chi connectivity index (χ1n) is 9.09. The molecule has 4 rings (SSSR count). The molecule has 7 nitrogen and oxygen atoms in total. The lowest BCUT2D eigenvalue weighted by molar-refractivity contribution is 0.171. The fourth-order valence-electron chi connectivity index (χ4n) is 2.93. The van der Waals surface area contributed by atoms with Crippen molar-refractivity contribution >= 4 is 17.3 Å². The molecular formula is C21H22N4O3. The molecular weight excluding hydrogens is 356 g/mol. The largest absolute Gasteiger partial charge is 0.497 e. The fourth-order valence-corrected chi connectivity index (χ4v) is 2.93. The number of aryl methyl sites for hydroxylation is 1.